The van der Waals surface area contributed by atoms with E-state index in [2.05, 4.69) is 10.2 Å². The second-order valence-corrected chi connectivity index (χ2v) is 3.01. The van der Waals surface area contributed by atoms with Gasteiger partial charge >= 0.3 is 0 Å². The number of hydrogen-bond acceptors (Lipinski definition) is 4. The monoisotopic (exact) mass is 214 g/mol. The van der Waals surface area contributed by atoms with Crippen molar-refractivity contribution in [3.8, 4) is 6.19 Å². The topological polar surface area (TPSA) is 98.6 Å². The molecule has 0 spiro atoms. The lowest BCUT2D eigenvalue weighted by Crippen LogP contribution is -2.22. The van der Waals surface area contributed by atoms with Crippen molar-refractivity contribution in [2.75, 3.05) is 0 Å². The van der Waals surface area contributed by atoms with Crippen molar-refractivity contribution in [3.05, 3.63) is 40.3 Å². The highest BCUT2D eigenvalue weighted by Crippen LogP contribution is 2.11. The van der Waals surface area contributed by atoms with E-state index in [-0.39, 0.29) is 11.3 Å². The lowest BCUT2D eigenvalue weighted by molar-refractivity contribution is 0.0969. The van der Waals surface area contributed by atoms with Gasteiger partial charge in [-0.15, -0.1) is 0 Å². The molecule has 1 amide bonds. The number of H-pyrrole nitrogens is 1. The Labute approximate surface area is 89.5 Å². The third-order valence-electron chi connectivity index (χ3n) is 2.08. The van der Waals surface area contributed by atoms with Crippen molar-refractivity contribution < 1.29 is 4.79 Å². The quantitative estimate of drug-likeness (QED) is 0.520. The van der Waals surface area contributed by atoms with Crippen LogP contribution in [0.1, 0.15) is 10.5 Å². The van der Waals surface area contributed by atoms with Gasteiger partial charge in [0.15, 0.2) is 11.9 Å². The molecule has 2 rings (SSSR count). The number of aromatic amines is 1. The molecular formula is C10H6N4O2. The maximum absolute atomic E-state index is 11.5. The molecule has 1 aromatic carbocycles. The maximum Gasteiger partial charge on any atom is 0.285 e. The maximum atomic E-state index is 11.5. The van der Waals surface area contributed by atoms with Crippen LogP contribution in [-0.4, -0.2) is 16.1 Å². The third-order valence-corrected chi connectivity index (χ3v) is 2.08. The highest BCUT2D eigenvalue weighted by molar-refractivity contribution is 6.05. The van der Waals surface area contributed by atoms with Crippen molar-refractivity contribution in [3.63, 3.8) is 0 Å². The van der Waals surface area contributed by atoms with E-state index in [0.29, 0.717) is 10.8 Å². The number of nitriles is 1. The van der Waals surface area contributed by atoms with Crippen LogP contribution in [0.3, 0.4) is 0 Å². The first-order valence-electron chi connectivity index (χ1n) is 4.41. The summed E-state index contributed by atoms with van der Waals surface area (Å²) in [6.45, 7) is 0. The molecule has 0 saturated heterocycles. The van der Waals surface area contributed by atoms with Crippen LogP contribution in [0.15, 0.2) is 29.1 Å². The number of nitrogens with zero attached hydrogens (tertiary/aromatic N) is 2. The van der Waals surface area contributed by atoms with Gasteiger partial charge in [0.25, 0.3) is 11.5 Å². The van der Waals surface area contributed by atoms with Gasteiger partial charge in [-0.3, -0.25) is 14.9 Å². The second-order valence-electron chi connectivity index (χ2n) is 3.01. The molecule has 0 saturated carbocycles. The van der Waals surface area contributed by atoms with Gasteiger partial charge in [0.05, 0.1) is 5.39 Å². The third kappa shape index (κ3) is 1.50. The molecular weight excluding hydrogens is 208 g/mol. The number of aromatic nitrogens is 2. The number of carbonyl (C=O) groups is 1. The summed E-state index contributed by atoms with van der Waals surface area (Å²) in [5.41, 5.74) is -0.346. The minimum atomic E-state index is -0.644. The van der Waals surface area contributed by atoms with Crippen LogP contribution in [-0.2, 0) is 0 Å². The molecule has 0 atom stereocenters. The zero-order chi connectivity index (χ0) is 11.5. The molecule has 1 aromatic heterocycles. The molecule has 6 nitrogen and oxygen atoms in total. The fourth-order valence-electron chi connectivity index (χ4n) is 1.40. The zero-order valence-corrected chi connectivity index (χ0v) is 8.02. The Balaban J connectivity index is 2.73. The molecule has 78 valence electrons. The van der Waals surface area contributed by atoms with Gasteiger partial charge in [-0.25, -0.2) is 5.10 Å². The summed E-state index contributed by atoms with van der Waals surface area (Å²) in [5.74, 6) is -0.644. The first-order chi connectivity index (χ1) is 7.74. The predicted molar refractivity (Wildman–Crippen MR) is 55.4 cm³/mol. The molecule has 6 heteroatoms. The summed E-state index contributed by atoms with van der Waals surface area (Å²) in [6, 6.07) is 6.55. The number of rotatable bonds is 1. The van der Waals surface area contributed by atoms with E-state index >= 15 is 0 Å². The molecule has 2 aromatic rings. The fraction of sp³-hybridized carbons (Fsp3) is 0. The van der Waals surface area contributed by atoms with Crippen molar-refractivity contribution in [2.24, 2.45) is 0 Å². The summed E-state index contributed by atoms with van der Waals surface area (Å²) in [4.78, 5) is 22.8. The number of nitrogens with one attached hydrogen (secondary N) is 2. The van der Waals surface area contributed by atoms with Crippen molar-refractivity contribution in [1.29, 1.82) is 5.26 Å². The van der Waals surface area contributed by atoms with Crippen molar-refractivity contribution >= 4 is 16.7 Å². The van der Waals surface area contributed by atoms with Crippen LogP contribution in [0.5, 0.6) is 0 Å². The van der Waals surface area contributed by atoms with E-state index in [9.17, 15) is 9.59 Å². The van der Waals surface area contributed by atoms with Gasteiger partial charge in [-0.2, -0.15) is 10.4 Å². The minimum absolute atomic E-state index is 0.0248. The molecule has 0 radical (unpaired) electrons. The molecule has 0 unspecified atom stereocenters. The lowest BCUT2D eigenvalue weighted by atomic mass is 10.1. The van der Waals surface area contributed by atoms with Gasteiger partial charge in [0.2, 0.25) is 0 Å². The van der Waals surface area contributed by atoms with Gasteiger partial charge in [-0.1, -0.05) is 18.2 Å². The van der Waals surface area contributed by atoms with Crippen LogP contribution in [0.25, 0.3) is 10.8 Å². The van der Waals surface area contributed by atoms with Crippen molar-refractivity contribution in [1.82, 2.24) is 15.5 Å². The number of amides is 1. The first-order valence-corrected chi connectivity index (χ1v) is 4.41. The van der Waals surface area contributed by atoms with Crippen LogP contribution >= 0.6 is 0 Å². The Morgan fingerprint density at radius 2 is 2.06 bits per heavy atom. The molecule has 2 N–H and O–H groups in total. The van der Waals surface area contributed by atoms with E-state index in [1.165, 1.54) is 6.19 Å². The molecule has 0 bridgehead atoms. The minimum Gasteiger partial charge on any atom is -0.267 e. The highest BCUT2D eigenvalue weighted by atomic mass is 16.2. The Kier molecular flexibility index (Phi) is 2.36. The highest BCUT2D eigenvalue weighted by Gasteiger charge is 2.12. The fourth-order valence-corrected chi connectivity index (χ4v) is 1.40. The van der Waals surface area contributed by atoms with Gasteiger partial charge in [0, 0.05) is 5.39 Å². The number of hydrogen-bond donors (Lipinski definition) is 2. The van der Waals surface area contributed by atoms with Crippen LogP contribution < -0.4 is 10.9 Å². The standard InChI is InChI=1S/C10H6N4O2/c11-5-12-10(16)8-6-3-1-2-4-7(6)9(15)14-13-8/h1-4H,(H,12,16)(H,14,15). The van der Waals surface area contributed by atoms with Crippen LogP contribution in [0.2, 0.25) is 0 Å². The number of carbonyl (C=O) groups excluding carboxylic acids is 1. The molecule has 0 aliphatic rings. The summed E-state index contributed by atoms with van der Waals surface area (Å²) in [5, 5.41) is 16.9. The Morgan fingerprint density at radius 3 is 2.75 bits per heavy atom. The molecule has 0 aliphatic carbocycles. The number of benzene rings is 1. The second kappa shape index (κ2) is 3.82. The summed E-state index contributed by atoms with van der Waals surface area (Å²) < 4.78 is 0. The first kappa shape index (κ1) is 9.86. The Morgan fingerprint density at radius 1 is 1.38 bits per heavy atom. The molecule has 1 heterocycles. The zero-order valence-electron chi connectivity index (χ0n) is 8.02. The SMILES string of the molecule is N#CNC(=O)c1n[nH]c(=O)c2ccccc12. The van der Waals surface area contributed by atoms with Crippen LogP contribution in [0, 0.1) is 11.5 Å². The average Bonchev–Trinajstić information content (AvgIpc) is 2.30. The molecule has 0 fully saturated rings. The normalized spacial score (nSPS) is 9.69. The van der Waals surface area contributed by atoms with Gasteiger partial charge in [0.1, 0.15) is 0 Å². The van der Waals surface area contributed by atoms with E-state index in [1.807, 2.05) is 5.32 Å². The summed E-state index contributed by atoms with van der Waals surface area (Å²) >= 11 is 0. The average molecular weight is 214 g/mol. The van der Waals surface area contributed by atoms with Crippen molar-refractivity contribution in [2.45, 2.75) is 0 Å². The van der Waals surface area contributed by atoms with E-state index in [0.717, 1.165) is 0 Å². The van der Waals surface area contributed by atoms with E-state index < -0.39 is 5.91 Å². The Bertz CT molecular complexity index is 654. The van der Waals surface area contributed by atoms with Gasteiger partial charge < -0.3 is 0 Å². The molecule has 0 aliphatic heterocycles. The van der Waals surface area contributed by atoms with Gasteiger partial charge in [-0.05, 0) is 6.07 Å². The Hall–Kier alpha value is -2.68. The summed E-state index contributed by atoms with van der Waals surface area (Å²) in [6.07, 6.45) is 1.51. The summed E-state index contributed by atoms with van der Waals surface area (Å²) in [7, 11) is 0. The smallest absolute Gasteiger partial charge is 0.267 e. The van der Waals surface area contributed by atoms with E-state index in [4.69, 9.17) is 5.26 Å². The van der Waals surface area contributed by atoms with Crippen LogP contribution in [0.4, 0.5) is 0 Å². The molecule has 16 heavy (non-hydrogen) atoms. The lowest BCUT2D eigenvalue weighted by Gasteiger charge is -2.01. The largest absolute Gasteiger partial charge is 0.285 e. The number of fused-ring (bicyclic) bond motifs is 1. The van der Waals surface area contributed by atoms with E-state index in [1.54, 1.807) is 24.3 Å². The predicted octanol–water partition coefficient (Wildman–Crippen LogP) is 0.134.